The van der Waals surface area contributed by atoms with Gasteiger partial charge in [-0.15, -0.1) is 0 Å². The molecule has 5 nitrogen and oxygen atoms in total. The molecule has 2 rings (SSSR count). The Morgan fingerprint density at radius 2 is 2.09 bits per heavy atom. The molecule has 1 aliphatic heterocycles. The van der Waals surface area contributed by atoms with Crippen molar-refractivity contribution in [2.45, 2.75) is 17.7 Å². The number of hydrogen-bond donors (Lipinski definition) is 2. The summed E-state index contributed by atoms with van der Waals surface area (Å²) < 4.78 is 46.3. The van der Waals surface area contributed by atoms with Crippen LogP contribution in [0.15, 0.2) is 23.1 Å². The van der Waals surface area contributed by atoms with Gasteiger partial charge in [-0.3, -0.25) is 0 Å². The maximum absolute atomic E-state index is 13.8. The number of hydrogen-bond acceptors (Lipinski definition) is 4. The van der Waals surface area contributed by atoms with Gasteiger partial charge in [-0.05, 0) is 38.1 Å². The molecule has 1 heterocycles. The van der Waals surface area contributed by atoms with Crippen LogP contribution in [0.25, 0.3) is 0 Å². The van der Waals surface area contributed by atoms with Crippen molar-refractivity contribution in [2.24, 2.45) is 5.41 Å². The first-order chi connectivity index (χ1) is 10.4. The van der Waals surface area contributed by atoms with E-state index >= 15 is 0 Å². The van der Waals surface area contributed by atoms with Crippen LogP contribution in [0.4, 0.5) is 4.39 Å². The van der Waals surface area contributed by atoms with E-state index in [0.717, 1.165) is 32.0 Å². The number of nitrogens with one attached hydrogen (secondary N) is 2. The molecular weight excluding hydrogens is 331 g/mol. The second-order valence-corrected chi connectivity index (χ2v) is 7.67. The predicted molar refractivity (Wildman–Crippen MR) is 83.0 cm³/mol. The zero-order valence-electron chi connectivity index (χ0n) is 12.4. The normalized spacial score (nSPS) is 18.3. The van der Waals surface area contributed by atoms with Crippen LogP contribution in [-0.2, 0) is 14.8 Å². The number of sulfonamides is 1. The topological polar surface area (TPSA) is 67.4 Å². The maximum atomic E-state index is 13.8. The Morgan fingerprint density at radius 1 is 1.41 bits per heavy atom. The lowest BCUT2D eigenvalue weighted by molar-refractivity contribution is 0.0577. The third kappa shape index (κ3) is 3.97. The van der Waals surface area contributed by atoms with Crippen molar-refractivity contribution in [1.29, 1.82) is 0 Å². The molecule has 2 N–H and O–H groups in total. The molecule has 0 unspecified atom stereocenters. The standard InChI is InChI=1S/C14H20ClFN2O3S/c1-21-10-14(5-7-17-8-6-14)9-18-22(19,20)13-11(15)3-2-4-12(13)16/h2-4,17-18H,5-10H2,1H3. The smallest absolute Gasteiger partial charge is 0.244 e. The molecule has 124 valence electrons. The second kappa shape index (κ2) is 7.23. The molecule has 1 aromatic rings. The minimum Gasteiger partial charge on any atom is -0.384 e. The highest BCUT2D eigenvalue weighted by Crippen LogP contribution is 2.30. The first-order valence-electron chi connectivity index (χ1n) is 7.04. The molecule has 0 bridgehead atoms. The quantitative estimate of drug-likeness (QED) is 0.820. The molecule has 1 aromatic carbocycles. The lowest BCUT2D eigenvalue weighted by Gasteiger charge is -2.37. The number of halogens is 2. The highest BCUT2D eigenvalue weighted by molar-refractivity contribution is 7.89. The van der Waals surface area contributed by atoms with Gasteiger partial charge in [-0.2, -0.15) is 0 Å². The highest BCUT2D eigenvalue weighted by atomic mass is 35.5. The molecule has 1 fully saturated rings. The summed E-state index contributed by atoms with van der Waals surface area (Å²) in [4.78, 5) is -0.502. The maximum Gasteiger partial charge on any atom is 0.244 e. The summed E-state index contributed by atoms with van der Waals surface area (Å²) in [5.74, 6) is -0.855. The summed E-state index contributed by atoms with van der Waals surface area (Å²) in [6, 6.07) is 3.81. The van der Waals surface area contributed by atoms with Gasteiger partial charge in [0.2, 0.25) is 10.0 Å². The lowest BCUT2D eigenvalue weighted by Crippen LogP contribution is -2.47. The average Bonchev–Trinajstić information content (AvgIpc) is 2.46. The SMILES string of the molecule is COCC1(CNS(=O)(=O)c2c(F)cccc2Cl)CCNCC1. The van der Waals surface area contributed by atoms with E-state index in [1.165, 1.54) is 12.1 Å². The van der Waals surface area contributed by atoms with Crippen LogP contribution in [0.2, 0.25) is 5.02 Å². The molecule has 0 amide bonds. The minimum atomic E-state index is -4.01. The zero-order chi connectivity index (χ0) is 16.2. The van der Waals surface area contributed by atoms with Gasteiger partial charge in [0.25, 0.3) is 0 Å². The minimum absolute atomic E-state index is 0.126. The Kier molecular flexibility index (Phi) is 5.79. The molecule has 0 atom stereocenters. The predicted octanol–water partition coefficient (Wildman–Crippen LogP) is 1.77. The number of rotatable bonds is 6. The Hall–Kier alpha value is -0.730. The van der Waals surface area contributed by atoms with Crippen LogP contribution < -0.4 is 10.0 Å². The molecule has 0 spiro atoms. The second-order valence-electron chi connectivity index (χ2n) is 5.56. The van der Waals surface area contributed by atoms with Crippen LogP contribution in [0.1, 0.15) is 12.8 Å². The third-order valence-electron chi connectivity index (χ3n) is 3.94. The van der Waals surface area contributed by atoms with Gasteiger partial charge in [0.15, 0.2) is 0 Å². The number of piperidine rings is 1. The largest absolute Gasteiger partial charge is 0.384 e. The van der Waals surface area contributed by atoms with Crippen LogP contribution in [0.3, 0.4) is 0 Å². The molecule has 0 saturated carbocycles. The van der Waals surface area contributed by atoms with E-state index in [0.29, 0.717) is 6.61 Å². The third-order valence-corrected chi connectivity index (χ3v) is 5.84. The number of benzene rings is 1. The fourth-order valence-corrected chi connectivity index (χ4v) is 4.45. The van der Waals surface area contributed by atoms with Crippen molar-refractivity contribution < 1.29 is 17.5 Å². The molecule has 1 aliphatic rings. The van der Waals surface area contributed by atoms with E-state index in [1.807, 2.05) is 0 Å². The molecule has 0 radical (unpaired) electrons. The summed E-state index contributed by atoms with van der Waals surface area (Å²) in [6.45, 7) is 2.23. The van der Waals surface area contributed by atoms with Gasteiger partial charge >= 0.3 is 0 Å². The summed E-state index contributed by atoms with van der Waals surface area (Å²) in [7, 11) is -2.42. The van der Waals surface area contributed by atoms with E-state index in [9.17, 15) is 12.8 Å². The average molecular weight is 351 g/mol. The van der Waals surface area contributed by atoms with Crippen molar-refractivity contribution in [3.8, 4) is 0 Å². The fourth-order valence-electron chi connectivity index (χ4n) is 2.69. The molecule has 1 saturated heterocycles. The van der Waals surface area contributed by atoms with Gasteiger partial charge in [0, 0.05) is 19.1 Å². The van der Waals surface area contributed by atoms with Gasteiger partial charge in [0.1, 0.15) is 10.7 Å². The summed E-state index contributed by atoms with van der Waals surface area (Å²) >= 11 is 5.84. The molecule has 22 heavy (non-hydrogen) atoms. The van der Waals surface area contributed by atoms with Crippen molar-refractivity contribution in [3.05, 3.63) is 29.0 Å². The molecular formula is C14H20ClFN2O3S. The summed E-state index contributed by atoms with van der Waals surface area (Å²) in [6.07, 6.45) is 1.57. The van der Waals surface area contributed by atoms with Crippen molar-refractivity contribution >= 4 is 21.6 Å². The first kappa shape index (κ1) is 17.6. The Morgan fingerprint density at radius 3 is 2.68 bits per heavy atom. The van der Waals surface area contributed by atoms with Crippen LogP contribution in [0, 0.1) is 11.2 Å². The Balaban J connectivity index is 2.18. The number of ether oxygens (including phenoxy) is 1. The molecule has 0 aromatic heterocycles. The van der Waals surface area contributed by atoms with E-state index in [2.05, 4.69) is 10.0 Å². The van der Waals surface area contributed by atoms with E-state index in [1.54, 1.807) is 7.11 Å². The van der Waals surface area contributed by atoms with Crippen LogP contribution in [-0.4, -0.2) is 41.8 Å². The lowest BCUT2D eigenvalue weighted by atomic mass is 9.80. The van der Waals surface area contributed by atoms with Gasteiger partial charge < -0.3 is 10.1 Å². The van der Waals surface area contributed by atoms with Crippen LogP contribution in [0.5, 0.6) is 0 Å². The Bertz CT molecular complexity index is 593. The van der Waals surface area contributed by atoms with E-state index in [4.69, 9.17) is 16.3 Å². The first-order valence-corrected chi connectivity index (χ1v) is 8.90. The van der Waals surface area contributed by atoms with Gasteiger partial charge in [-0.25, -0.2) is 17.5 Å². The monoisotopic (exact) mass is 350 g/mol. The highest BCUT2D eigenvalue weighted by Gasteiger charge is 2.34. The number of methoxy groups -OCH3 is 1. The van der Waals surface area contributed by atoms with E-state index in [-0.39, 0.29) is 17.0 Å². The summed E-state index contributed by atoms with van der Waals surface area (Å²) in [5, 5.41) is 3.10. The van der Waals surface area contributed by atoms with Gasteiger partial charge in [0.05, 0.1) is 11.6 Å². The fraction of sp³-hybridized carbons (Fsp3) is 0.571. The van der Waals surface area contributed by atoms with Crippen LogP contribution >= 0.6 is 11.6 Å². The Labute approximate surface area is 135 Å². The molecule has 0 aliphatic carbocycles. The zero-order valence-corrected chi connectivity index (χ0v) is 13.9. The van der Waals surface area contributed by atoms with Crippen molar-refractivity contribution in [2.75, 3.05) is 33.4 Å². The van der Waals surface area contributed by atoms with E-state index < -0.39 is 20.7 Å². The summed E-state index contributed by atoms with van der Waals surface area (Å²) in [5.41, 5.74) is -0.287. The van der Waals surface area contributed by atoms with Gasteiger partial charge in [-0.1, -0.05) is 17.7 Å². The molecule has 8 heteroatoms. The van der Waals surface area contributed by atoms with Crippen molar-refractivity contribution in [3.63, 3.8) is 0 Å². The van der Waals surface area contributed by atoms with Crippen molar-refractivity contribution in [1.82, 2.24) is 10.0 Å².